The average molecular weight is 268 g/mol. The van der Waals surface area contributed by atoms with E-state index in [1.807, 2.05) is 0 Å². The standard InChI is InChI=1S/C14H24N2OS/c1-11(2)15-8-14-16-12(10-18-14)9-17-13-6-4-3-5-7-13/h10-11,13,15H,3-9H2,1-2H3. The van der Waals surface area contributed by atoms with E-state index < -0.39 is 0 Å². The number of hydrogen-bond donors (Lipinski definition) is 1. The Morgan fingerprint density at radius 3 is 2.89 bits per heavy atom. The summed E-state index contributed by atoms with van der Waals surface area (Å²) in [4.78, 5) is 4.60. The predicted octanol–water partition coefficient (Wildman–Crippen LogP) is 3.49. The van der Waals surface area contributed by atoms with Crippen molar-refractivity contribution >= 4 is 11.3 Å². The molecule has 0 saturated heterocycles. The predicted molar refractivity (Wildman–Crippen MR) is 75.8 cm³/mol. The fourth-order valence-electron chi connectivity index (χ4n) is 2.22. The zero-order valence-corrected chi connectivity index (χ0v) is 12.3. The van der Waals surface area contributed by atoms with Crippen LogP contribution in [0.3, 0.4) is 0 Å². The minimum absolute atomic E-state index is 0.470. The lowest BCUT2D eigenvalue weighted by molar-refractivity contribution is 0.0154. The lowest BCUT2D eigenvalue weighted by atomic mass is 9.98. The van der Waals surface area contributed by atoms with Gasteiger partial charge in [0.2, 0.25) is 0 Å². The second-order valence-corrected chi connectivity index (χ2v) is 6.28. The topological polar surface area (TPSA) is 34.2 Å². The highest BCUT2D eigenvalue weighted by Gasteiger charge is 2.14. The van der Waals surface area contributed by atoms with Crippen LogP contribution in [0.25, 0.3) is 0 Å². The summed E-state index contributed by atoms with van der Waals surface area (Å²) in [5.74, 6) is 0. The number of rotatable bonds is 6. The van der Waals surface area contributed by atoms with Crippen LogP contribution in [-0.2, 0) is 17.9 Å². The molecule has 4 heteroatoms. The van der Waals surface area contributed by atoms with Gasteiger partial charge < -0.3 is 10.1 Å². The summed E-state index contributed by atoms with van der Waals surface area (Å²) in [5.41, 5.74) is 1.09. The fourth-order valence-corrected chi connectivity index (χ4v) is 2.95. The first-order valence-electron chi connectivity index (χ1n) is 7.02. The molecule has 0 unspecified atom stereocenters. The minimum Gasteiger partial charge on any atom is -0.372 e. The lowest BCUT2D eigenvalue weighted by Crippen LogP contribution is -2.21. The van der Waals surface area contributed by atoms with Gasteiger partial charge in [0.15, 0.2) is 0 Å². The van der Waals surface area contributed by atoms with E-state index in [1.165, 1.54) is 32.1 Å². The third kappa shape index (κ3) is 4.67. The van der Waals surface area contributed by atoms with Crippen LogP contribution >= 0.6 is 11.3 Å². The van der Waals surface area contributed by atoms with Gasteiger partial charge in [-0.05, 0) is 12.8 Å². The van der Waals surface area contributed by atoms with Crippen molar-refractivity contribution in [1.82, 2.24) is 10.3 Å². The minimum atomic E-state index is 0.470. The molecule has 3 nitrogen and oxygen atoms in total. The number of nitrogens with one attached hydrogen (secondary N) is 1. The van der Waals surface area contributed by atoms with Crippen molar-refractivity contribution in [1.29, 1.82) is 0 Å². The molecule has 1 aliphatic rings. The maximum absolute atomic E-state index is 5.93. The molecule has 1 aromatic rings. The highest BCUT2D eigenvalue weighted by atomic mass is 32.1. The van der Waals surface area contributed by atoms with Gasteiger partial charge in [0.1, 0.15) is 5.01 Å². The van der Waals surface area contributed by atoms with Crippen LogP contribution in [0.15, 0.2) is 5.38 Å². The van der Waals surface area contributed by atoms with Gasteiger partial charge in [-0.25, -0.2) is 4.98 Å². The molecule has 1 aliphatic carbocycles. The molecule has 0 amide bonds. The highest BCUT2D eigenvalue weighted by molar-refractivity contribution is 7.09. The van der Waals surface area contributed by atoms with E-state index in [2.05, 4.69) is 29.5 Å². The quantitative estimate of drug-likeness (QED) is 0.857. The largest absolute Gasteiger partial charge is 0.372 e. The second kappa shape index (κ2) is 7.22. The van der Waals surface area contributed by atoms with Gasteiger partial charge in [-0.2, -0.15) is 0 Å². The smallest absolute Gasteiger partial charge is 0.107 e. The molecular weight excluding hydrogens is 244 g/mol. The molecule has 0 aliphatic heterocycles. The maximum Gasteiger partial charge on any atom is 0.107 e. The molecule has 1 aromatic heterocycles. The third-order valence-corrected chi connectivity index (χ3v) is 4.18. The normalized spacial score (nSPS) is 17.5. The van der Waals surface area contributed by atoms with Crippen LogP contribution in [0.4, 0.5) is 0 Å². The molecule has 0 atom stereocenters. The molecular formula is C14H24N2OS. The molecule has 0 spiro atoms. The van der Waals surface area contributed by atoms with Gasteiger partial charge in [0, 0.05) is 18.0 Å². The Morgan fingerprint density at radius 1 is 1.39 bits per heavy atom. The van der Waals surface area contributed by atoms with E-state index in [4.69, 9.17) is 4.74 Å². The zero-order valence-electron chi connectivity index (χ0n) is 11.4. The van der Waals surface area contributed by atoms with E-state index >= 15 is 0 Å². The van der Waals surface area contributed by atoms with Crippen LogP contribution < -0.4 is 5.32 Å². The summed E-state index contributed by atoms with van der Waals surface area (Å²) in [6, 6.07) is 0.510. The second-order valence-electron chi connectivity index (χ2n) is 5.34. The molecule has 0 aromatic carbocycles. The van der Waals surface area contributed by atoms with Crippen molar-refractivity contribution in [3.63, 3.8) is 0 Å². The summed E-state index contributed by atoms with van der Waals surface area (Å²) >= 11 is 1.72. The van der Waals surface area contributed by atoms with Crippen LogP contribution in [0, 0.1) is 0 Å². The summed E-state index contributed by atoms with van der Waals surface area (Å²) in [6.07, 6.45) is 6.95. The Labute approximate surface area is 114 Å². The van der Waals surface area contributed by atoms with Crippen LogP contribution in [0.2, 0.25) is 0 Å². The summed E-state index contributed by atoms with van der Waals surface area (Å²) in [6.45, 7) is 5.86. The van der Waals surface area contributed by atoms with Crippen molar-refractivity contribution in [2.75, 3.05) is 0 Å². The molecule has 1 N–H and O–H groups in total. The van der Waals surface area contributed by atoms with Gasteiger partial charge in [0.25, 0.3) is 0 Å². The molecule has 0 bridgehead atoms. The zero-order chi connectivity index (χ0) is 12.8. The third-order valence-electron chi connectivity index (χ3n) is 3.28. The van der Waals surface area contributed by atoms with Crippen molar-refractivity contribution < 1.29 is 4.74 Å². The first-order valence-corrected chi connectivity index (χ1v) is 7.90. The Morgan fingerprint density at radius 2 is 2.17 bits per heavy atom. The molecule has 1 saturated carbocycles. The Balaban J connectivity index is 1.72. The average Bonchev–Trinajstić information content (AvgIpc) is 2.83. The highest BCUT2D eigenvalue weighted by Crippen LogP contribution is 2.21. The van der Waals surface area contributed by atoms with Gasteiger partial charge in [0.05, 0.1) is 18.4 Å². The van der Waals surface area contributed by atoms with Gasteiger partial charge in [-0.3, -0.25) is 0 Å². The monoisotopic (exact) mass is 268 g/mol. The van der Waals surface area contributed by atoms with E-state index in [0.29, 0.717) is 18.8 Å². The first-order chi connectivity index (χ1) is 8.74. The van der Waals surface area contributed by atoms with Gasteiger partial charge >= 0.3 is 0 Å². The van der Waals surface area contributed by atoms with E-state index in [0.717, 1.165) is 17.2 Å². The SMILES string of the molecule is CC(C)NCc1nc(COC2CCCCC2)cs1. The fraction of sp³-hybridized carbons (Fsp3) is 0.786. The summed E-state index contributed by atoms with van der Waals surface area (Å²) in [7, 11) is 0. The Hall–Kier alpha value is -0.450. The summed E-state index contributed by atoms with van der Waals surface area (Å²) in [5, 5.41) is 6.67. The molecule has 102 valence electrons. The van der Waals surface area contributed by atoms with Crippen molar-refractivity contribution in [3.05, 3.63) is 16.1 Å². The number of hydrogen-bond acceptors (Lipinski definition) is 4. The number of nitrogens with zero attached hydrogens (tertiary/aromatic N) is 1. The molecule has 18 heavy (non-hydrogen) atoms. The molecule has 0 radical (unpaired) electrons. The van der Waals surface area contributed by atoms with Crippen LogP contribution in [-0.4, -0.2) is 17.1 Å². The van der Waals surface area contributed by atoms with Gasteiger partial charge in [-0.1, -0.05) is 33.1 Å². The molecule has 1 fully saturated rings. The van der Waals surface area contributed by atoms with Crippen molar-refractivity contribution in [3.8, 4) is 0 Å². The number of aromatic nitrogens is 1. The van der Waals surface area contributed by atoms with Crippen molar-refractivity contribution in [2.24, 2.45) is 0 Å². The Kier molecular flexibility index (Phi) is 5.60. The summed E-state index contributed by atoms with van der Waals surface area (Å²) < 4.78 is 5.93. The van der Waals surface area contributed by atoms with E-state index in [-0.39, 0.29) is 0 Å². The Bertz CT molecular complexity index is 345. The van der Waals surface area contributed by atoms with Crippen molar-refractivity contribution in [2.45, 2.75) is 71.2 Å². The van der Waals surface area contributed by atoms with E-state index in [9.17, 15) is 0 Å². The van der Waals surface area contributed by atoms with Gasteiger partial charge in [-0.15, -0.1) is 11.3 Å². The number of thiazole rings is 1. The van der Waals surface area contributed by atoms with Crippen LogP contribution in [0.1, 0.15) is 56.7 Å². The lowest BCUT2D eigenvalue weighted by Gasteiger charge is -2.21. The number of ether oxygens (including phenoxy) is 1. The van der Waals surface area contributed by atoms with Crippen LogP contribution in [0.5, 0.6) is 0 Å². The maximum atomic E-state index is 5.93. The van der Waals surface area contributed by atoms with E-state index in [1.54, 1.807) is 11.3 Å². The molecule has 2 rings (SSSR count). The molecule has 1 heterocycles. The first kappa shape index (κ1) is 14.0.